The standard InChI is InChI=1S/C21H35N3O4.HI/c1-5-22-20(24-15-21(7-6-8-21)9-10-26-2)23-14-19(25)16-11-17(27-3)13-18(12-16)28-4;/h11-13,19,25H,5-10,14-15H2,1-4H3,(H2,22,23,24);1H. The van der Waals surface area contributed by atoms with Crippen LogP contribution in [0.15, 0.2) is 23.2 Å². The molecule has 0 heterocycles. The Morgan fingerprint density at radius 3 is 2.28 bits per heavy atom. The van der Waals surface area contributed by atoms with Crippen molar-refractivity contribution >= 4 is 29.9 Å². The van der Waals surface area contributed by atoms with Crippen LogP contribution in [0.4, 0.5) is 0 Å². The second-order valence-corrected chi connectivity index (χ2v) is 7.33. The summed E-state index contributed by atoms with van der Waals surface area (Å²) in [6.45, 7) is 4.68. The molecule has 1 atom stereocenters. The molecular formula is C21H36IN3O4. The summed E-state index contributed by atoms with van der Waals surface area (Å²) in [6, 6.07) is 5.41. The first-order valence-corrected chi connectivity index (χ1v) is 9.98. The molecule has 1 aliphatic carbocycles. The SMILES string of the molecule is CCNC(=NCC1(CCOC)CCC1)NCC(O)c1cc(OC)cc(OC)c1.I. The van der Waals surface area contributed by atoms with Gasteiger partial charge in [0.15, 0.2) is 5.96 Å². The van der Waals surface area contributed by atoms with Gasteiger partial charge in [0, 0.05) is 39.4 Å². The van der Waals surface area contributed by atoms with Crippen LogP contribution in [0.1, 0.15) is 44.3 Å². The van der Waals surface area contributed by atoms with Crippen molar-refractivity contribution in [3.63, 3.8) is 0 Å². The Hall–Kier alpha value is -1.26. The van der Waals surface area contributed by atoms with Gasteiger partial charge in [-0.05, 0) is 49.3 Å². The van der Waals surface area contributed by atoms with E-state index in [0.717, 1.165) is 37.6 Å². The average Bonchev–Trinajstić information content (AvgIpc) is 2.69. The number of halogens is 1. The first-order valence-electron chi connectivity index (χ1n) is 9.98. The fraction of sp³-hybridized carbons (Fsp3) is 0.667. The Kier molecular flexibility index (Phi) is 11.7. The van der Waals surface area contributed by atoms with Gasteiger partial charge in [0.2, 0.25) is 0 Å². The molecular weight excluding hydrogens is 485 g/mol. The highest BCUT2D eigenvalue weighted by Crippen LogP contribution is 2.44. The fourth-order valence-corrected chi connectivity index (χ4v) is 3.40. The summed E-state index contributed by atoms with van der Waals surface area (Å²) in [6.07, 6.45) is 3.99. The molecule has 29 heavy (non-hydrogen) atoms. The molecule has 0 aliphatic heterocycles. The van der Waals surface area contributed by atoms with Crippen molar-refractivity contribution in [2.24, 2.45) is 10.4 Å². The van der Waals surface area contributed by atoms with E-state index in [1.54, 1.807) is 27.4 Å². The lowest BCUT2D eigenvalue weighted by Crippen LogP contribution is -2.41. The highest BCUT2D eigenvalue weighted by Gasteiger charge is 2.36. The fourth-order valence-electron chi connectivity index (χ4n) is 3.40. The van der Waals surface area contributed by atoms with Gasteiger partial charge in [-0.25, -0.2) is 0 Å². The Morgan fingerprint density at radius 1 is 1.14 bits per heavy atom. The molecule has 1 unspecified atom stereocenters. The molecule has 1 aromatic carbocycles. The van der Waals surface area contributed by atoms with E-state index in [1.807, 2.05) is 19.1 Å². The van der Waals surface area contributed by atoms with Crippen LogP contribution in [0.2, 0.25) is 0 Å². The van der Waals surface area contributed by atoms with E-state index in [9.17, 15) is 5.11 Å². The average molecular weight is 521 g/mol. The lowest BCUT2D eigenvalue weighted by molar-refractivity contribution is 0.0778. The number of aliphatic imine (C=N–C) groups is 1. The summed E-state index contributed by atoms with van der Waals surface area (Å²) in [4.78, 5) is 4.77. The summed E-state index contributed by atoms with van der Waals surface area (Å²) in [5, 5.41) is 17.1. The minimum absolute atomic E-state index is 0. The predicted molar refractivity (Wildman–Crippen MR) is 127 cm³/mol. The van der Waals surface area contributed by atoms with Gasteiger partial charge in [0.05, 0.1) is 20.3 Å². The molecule has 8 heteroatoms. The van der Waals surface area contributed by atoms with Crippen LogP contribution < -0.4 is 20.1 Å². The third kappa shape index (κ3) is 7.82. The van der Waals surface area contributed by atoms with Crippen LogP contribution in [0.25, 0.3) is 0 Å². The monoisotopic (exact) mass is 521 g/mol. The van der Waals surface area contributed by atoms with E-state index < -0.39 is 6.10 Å². The van der Waals surface area contributed by atoms with Crippen LogP contribution in [0, 0.1) is 5.41 Å². The van der Waals surface area contributed by atoms with Crippen molar-refractivity contribution in [3.05, 3.63) is 23.8 Å². The van der Waals surface area contributed by atoms with E-state index >= 15 is 0 Å². The van der Waals surface area contributed by atoms with Gasteiger partial charge < -0.3 is 30.0 Å². The van der Waals surface area contributed by atoms with Gasteiger partial charge >= 0.3 is 0 Å². The molecule has 0 amide bonds. The number of guanidine groups is 1. The number of nitrogens with zero attached hydrogens (tertiary/aromatic N) is 1. The van der Waals surface area contributed by atoms with E-state index in [0.29, 0.717) is 18.0 Å². The maximum atomic E-state index is 10.6. The van der Waals surface area contributed by atoms with Gasteiger partial charge in [0.1, 0.15) is 11.5 Å². The minimum Gasteiger partial charge on any atom is -0.497 e. The number of rotatable bonds is 11. The van der Waals surface area contributed by atoms with Crippen molar-refractivity contribution in [2.75, 3.05) is 47.6 Å². The van der Waals surface area contributed by atoms with Crippen molar-refractivity contribution in [1.82, 2.24) is 10.6 Å². The van der Waals surface area contributed by atoms with Crippen LogP contribution >= 0.6 is 24.0 Å². The normalized spacial score (nSPS) is 16.2. The number of ether oxygens (including phenoxy) is 3. The zero-order valence-electron chi connectivity index (χ0n) is 18.0. The van der Waals surface area contributed by atoms with Crippen LogP contribution in [-0.2, 0) is 4.74 Å². The molecule has 0 bridgehead atoms. The molecule has 3 N–H and O–H groups in total. The molecule has 2 rings (SSSR count). The predicted octanol–water partition coefficient (Wildman–Crippen LogP) is 3.12. The smallest absolute Gasteiger partial charge is 0.191 e. The number of aliphatic hydroxyl groups excluding tert-OH is 1. The Balaban J connectivity index is 0.00000420. The largest absolute Gasteiger partial charge is 0.497 e. The van der Waals surface area contributed by atoms with Gasteiger partial charge in [0.25, 0.3) is 0 Å². The molecule has 1 fully saturated rings. The summed E-state index contributed by atoms with van der Waals surface area (Å²) in [5.41, 5.74) is 0.993. The van der Waals surface area contributed by atoms with E-state index in [-0.39, 0.29) is 29.4 Å². The Labute approximate surface area is 191 Å². The maximum Gasteiger partial charge on any atom is 0.191 e. The lowest BCUT2D eigenvalue weighted by Gasteiger charge is -2.40. The summed E-state index contributed by atoms with van der Waals surface area (Å²) >= 11 is 0. The van der Waals surface area contributed by atoms with Gasteiger partial charge in [-0.3, -0.25) is 4.99 Å². The Morgan fingerprint density at radius 2 is 1.79 bits per heavy atom. The van der Waals surface area contributed by atoms with E-state index in [2.05, 4.69) is 10.6 Å². The second kappa shape index (κ2) is 13.1. The zero-order chi connectivity index (χ0) is 20.4. The number of hydrogen-bond donors (Lipinski definition) is 3. The molecule has 1 saturated carbocycles. The molecule has 0 aromatic heterocycles. The highest BCUT2D eigenvalue weighted by atomic mass is 127. The molecule has 0 radical (unpaired) electrons. The second-order valence-electron chi connectivity index (χ2n) is 7.33. The van der Waals surface area contributed by atoms with Gasteiger partial charge in [-0.2, -0.15) is 0 Å². The number of methoxy groups -OCH3 is 3. The summed E-state index contributed by atoms with van der Waals surface area (Å²) in [7, 11) is 4.94. The molecule has 0 saturated heterocycles. The van der Waals surface area contributed by atoms with E-state index in [4.69, 9.17) is 19.2 Å². The van der Waals surface area contributed by atoms with Gasteiger partial charge in [-0.1, -0.05) is 6.42 Å². The van der Waals surface area contributed by atoms with Crippen LogP contribution in [0.3, 0.4) is 0 Å². The lowest BCUT2D eigenvalue weighted by atomic mass is 9.67. The van der Waals surface area contributed by atoms with Crippen molar-refractivity contribution in [3.8, 4) is 11.5 Å². The quantitative estimate of drug-likeness (QED) is 0.236. The number of hydrogen-bond acceptors (Lipinski definition) is 5. The van der Waals surface area contributed by atoms with E-state index in [1.165, 1.54) is 19.3 Å². The third-order valence-corrected chi connectivity index (χ3v) is 5.39. The zero-order valence-corrected chi connectivity index (χ0v) is 20.3. The molecule has 1 aliphatic rings. The molecule has 1 aromatic rings. The number of nitrogens with one attached hydrogen (secondary N) is 2. The van der Waals surface area contributed by atoms with Crippen LogP contribution in [0.5, 0.6) is 11.5 Å². The third-order valence-electron chi connectivity index (χ3n) is 5.39. The van der Waals surface area contributed by atoms with Crippen LogP contribution in [-0.4, -0.2) is 58.6 Å². The minimum atomic E-state index is -0.709. The summed E-state index contributed by atoms with van der Waals surface area (Å²) in [5.74, 6) is 2.03. The number of aliphatic hydroxyl groups is 1. The molecule has 7 nitrogen and oxygen atoms in total. The molecule has 0 spiro atoms. The van der Waals surface area contributed by atoms with Crippen molar-refractivity contribution < 1.29 is 19.3 Å². The first-order chi connectivity index (χ1) is 13.6. The highest BCUT2D eigenvalue weighted by molar-refractivity contribution is 14.0. The van der Waals surface area contributed by atoms with Crippen molar-refractivity contribution in [1.29, 1.82) is 0 Å². The van der Waals surface area contributed by atoms with Crippen molar-refractivity contribution in [2.45, 2.75) is 38.7 Å². The molecule has 166 valence electrons. The summed E-state index contributed by atoms with van der Waals surface area (Å²) < 4.78 is 15.8. The Bertz CT molecular complexity index is 616. The maximum absolute atomic E-state index is 10.6. The first kappa shape index (κ1) is 25.8. The van der Waals surface area contributed by atoms with Gasteiger partial charge in [-0.15, -0.1) is 24.0 Å². The topological polar surface area (TPSA) is 84.3 Å². The number of benzene rings is 1.